The van der Waals surface area contributed by atoms with Crippen LogP contribution in [0.15, 0.2) is 36.5 Å². The zero-order valence-electron chi connectivity index (χ0n) is 18.5. The molecule has 1 fully saturated rings. The first-order chi connectivity index (χ1) is 15.9. The van der Waals surface area contributed by atoms with Crippen molar-refractivity contribution in [2.45, 2.75) is 44.2 Å². The molecule has 3 aromatic rings. The molecule has 0 saturated carbocycles. The summed E-state index contributed by atoms with van der Waals surface area (Å²) < 4.78 is 20.2. The molecular weight excluding hydrogens is 445 g/mol. The zero-order chi connectivity index (χ0) is 23.2. The molecular formula is C24H25ClFN5O2. The fourth-order valence-corrected chi connectivity index (χ4v) is 5.09. The molecule has 4 heterocycles. The number of fused-ring (bicyclic) bond motifs is 3. The van der Waals surface area contributed by atoms with Crippen LogP contribution in [0.3, 0.4) is 0 Å². The lowest BCUT2D eigenvalue weighted by Gasteiger charge is -2.43. The van der Waals surface area contributed by atoms with Crippen molar-refractivity contribution in [3.05, 3.63) is 53.5 Å². The summed E-state index contributed by atoms with van der Waals surface area (Å²) in [5, 5.41) is 22.2. The number of hydrogen-bond donors (Lipinski definition) is 2. The van der Waals surface area contributed by atoms with E-state index in [0.29, 0.717) is 41.9 Å². The Morgan fingerprint density at radius 1 is 1.33 bits per heavy atom. The number of pyridine rings is 1. The van der Waals surface area contributed by atoms with Gasteiger partial charge in [0.05, 0.1) is 23.5 Å². The van der Waals surface area contributed by atoms with E-state index in [1.54, 1.807) is 18.3 Å². The number of rotatable bonds is 5. The monoisotopic (exact) mass is 469 g/mol. The molecule has 1 saturated heterocycles. The van der Waals surface area contributed by atoms with Crippen molar-refractivity contribution in [2.75, 3.05) is 23.3 Å². The number of aromatic nitrogens is 3. The molecule has 2 aliphatic heterocycles. The summed E-state index contributed by atoms with van der Waals surface area (Å²) in [4.78, 5) is 6.73. The quantitative estimate of drug-likeness (QED) is 0.525. The molecule has 0 bridgehead atoms. The number of phenols is 1. The predicted molar refractivity (Wildman–Crippen MR) is 126 cm³/mol. The minimum absolute atomic E-state index is 0.0642. The number of aryl methyl sites for hydroxylation is 1. The van der Waals surface area contributed by atoms with E-state index in [-0.39, 0.29) is 11.6 Å². The van der Waals surface area contributed by atoms with Gasteiger partial charge in [0, 0.05) is 36.7 Å². The van der Waals surface area contributed by atoms with Gasteiger partial charge in [-0.25, -0.2) is 9.37 Å². The van der Waals surface area contributed by atoms with Gasteiger partial charge in [0.25, 0.3) is 0 Å². The third kappa shape index (κ3) is 3.72. The van der Waals surface area contributed by atoms with Crippen LogP contribution >= 0.6 is 11.6 Å². The maximum absolute atomic E-state index is 13.9. The molecule has 5 rings (SSSR count). The number of hydrogen-bond acceptors (Lipinski definition) is 7. The Morgan fingerprint density at radius 3 is 2.94 bits per heavy atom. The minimum atomic E-state index is -0.689. The molecule has 2 atom stereocenters. The van der Waals surface area contributed by atoms with Crippen molar-refractivity contribution in [1.82, 2.24) is 15.2 Å². The van der Waals surface area contributed by atoms with Gasteiger partial charge in [0.2, 0.25) is 5.88 Å². The van der Waals surface area contributed by atoms with Crippen LogP contribution in [0.25, 0.3) is 11.3 Å². The lowest BCUT2D eigenvalue weighted by atomic mass is 9.90. The van der Waals surface area contributed by atoms with E-state index in [4.69, 9.17) is 16.3 Å². The molecule has 0 spiro atoms. The average Bonchev–Trinajstić information content (AvgIpc) is 3.20. The maximum Gasteiger partial charge on any atom is 0.213 e. The normalized spacial score (nSPS) is 21.3. The highest BCUT2D eigenvalue weighted by atomic mass is 35.5. The molecule has 9 heteroatoms. The molecule has 2 aromatic heterocycles. The predicted octanol–water partition coefficient (Wildman–Crippen LogP) is 4.66. The van der Waals surface area contributed by atoms with Crippen molar-refractivity contribution in [3.8, 4) is 22.9 Å². The number of nitrogens with one attached hydrogen (secondary N) is 1. The smallest absolute Gasteiger partial charge is 0.213 e. The summed E-state index contributed by atoms with van der Waals surface area (Å²) in [6.07, 6.45) is 3.42. The number of anilines is 2. The summed E-state index contributed by atoms with van der Waals surface area (Å²) in [7, 11) is 0. The van der Waals surface area contributed by atoms with Crippen molar-refractivity contribution < 1.29 is 14.2 Å². The number of nitrogens with zero attached hydrogens (tertiary/aromatic N) is 4. The Balaban J connectivity index is 1.46. The number of aromatic hydroxyl groups is 1. The Morgan fingerprint density at radius 2 is 2.18 bits per heavy atom. The number of halogens is 2. The number of ether oxygens (including phenoxy) is 1. The highest BCUT2D eigenvalue weighted by Gasteiger charge is 2.49. The number of alkyl halides is 1. The second-order valence-electron chi connectivity index (χ2n) is 8.67. The summed E-state index contributed by atoms with van der Waals surface area (Å²) in [6, 6.07) is 8.17. The van der Waals surface area contributed by atoms with Crippen LogP contribution in [0.5, 0.6) is 11.6 Å². The SMILES string of the molecule is CC[C@@]12CNc3nnc(-c4cccc(F)c4O)cc3N1C[C@H](Oc1cc(C)c(CCl)cn1)C2. The van der Waals surface area contributed by atoms with E-state index in [9.17, 15) is 9.50 Å². The first kappa shape index (κ1) is 21.7. The summed E-state index contributed by atoms with van der Waals surface area (Å²) >= 11 is 5.96. The topological polar surface area (TPSA) is 83.4 Å². The third-order valence-electron chi connectivity index (χ3n) is 6.76. The van der Waals surface area contributed by atoms with Crippen LogP contribution in [0.4, 0.5) is 15.9 Å². The average molecular weight is 470 g/mol. The maximum atomic E-state index is 13.9. The second-order valence-corrected chi connectivity index (χ2v) is 8.94. The fourth-order valence-electron chi connectivity index (χ4n) is 4.81. The standard InChI is InChI=1S/C24H25ClFN5O2/c1-3-24-9-16(33-21-7-14(2)15(10-25)11-27-21)12-31(24)20-8-19(29-30-23(20)28-13-24)17-5-4-6-18(26)22(17)32/h4-8,11,16,32H,3,9-10,12-13H2,1-2H3,(H,28,30)/t16-,24-/m1/s1. The summed E-state index contributed by atoms with van der Waals surface area (Å²) in [5.74, 6) is 0.554. The largest absolute Gasteiger partial charge is 0.504 e. The van der Waals surface area contributed by atoms with Crippen LogP contribution in [-0.2, 0) is 5.88 Å². The van der Waals surface area contributed by atoms with Gasteiger partial charge in [-0.05, 0) is 42.7 Å². The van der Waals surface area contributed by atoms with Gasteiger partial charge in [-0.15, -0.1) is 21.8 Å². The first-order valence-electron chi connectivity index (χ1n) is 11.0. The number of para-hydroxylation sites is 1. The lowest BCUT2D eigenvalue weighted by Crippen LogP contribution is -2.52. The third-order valence-corrected chi connectivity index (χ3v) is 7.05. The van der Waals surface area contributed by atoms with Crippen molar-refractivity contribution in [3.63, 3.8) is 0 Å². The first-order valence-corrected chi connectivity index (χ1v) is 11.5. The molecule has 172 valence electrons. The zero-order valence-corrected chi connectivity index (χ0v) is 19.2. The lowest BCUT2D eigenvalue weighted by molar-refractivity contribution is 0.202. The van der Waals surface area contributed by atoms with Gasteiger partial charge in [-0.2, -0.15) is 0 Å². The van der Waals surface area contributed by atoms with Gasteiger partial charge in [0.1, 0.15) is 6.10 Å². The van der Waals surface area contributed by atoms with Crippen LogP contribution in [-0.4, -0.2) is 45.0 Å². The molecule has 1 aromatic carbocycles. The van der Waals surface area contributed by atoms with E-state index in [1.807, 2.05) is 19.1 Å². The van der Waals surface area contributed by atoms with Crippen molar-refractivity contribution >= 4 is 23.1 Å². The van der Waals surface area contributed by atoms with Crippen LogP contribution in [0.1, 0.15) is 30.9 Å². The molecule has 7 nitrogen and oxygen atoms in total. The van der Waals surface area contributed by atoms with Gasteiger partial charge in [-0.3, -0.25) is 0 Å². The molecule has 0 unspecified atom stereocenters. The Kier molecular flexibility index (Phi) is 5.48. The van der Waals surface area contributed by atoms with E-state index in [0.717, 1.165) is 29.7 Å². The van der Waals surface area contributed by atoms with Gasteiger partial charge in [0.15, 0.2) is 17.4 Å². The van der Waals surface area contributed by atoms with Crippen molar-refractivity contribution in [1.29, 1.82) is 0 Å². The van der Waals surface area contributed by atoms with E-state index >= 15 is 0 Å². The van der Waals surface area contributed by atoms with Crippen molar-refractivity contribution in [2.24, 2.45) is 0 Å². The molecule has 0 aliphatic carbocycles. The molecule has 2 N–H and O–H groups in total. The van der Waals surface area contributed by atoms with Gasteiger partial charge < -0.3 is 20.1 Å². The minimum Gasteiger partial charge on any atom is -0.504 e. The number of benzene rings is 1. The number of phenolic OH excluding ortho intramolecular Hbond substituents is 1. The van der Waals surface area contributed by atoms with Crippen LogP contribution < -0.4 is 15.0 Å². The van der Waals surface area contributed by atoms with E-state index in [1.165, 1.54) is 6.07 Å². The molecule has 33 heavy (non-hydrogen) atoms. The van der Waals surface area contributed by atoms with Gasteiger partial charge in [-0.1, -0.05) is 13.0 Å². The second kappa shape index (κ2) is 8.33. The Hall–Kier alpha value is -3.13. The van der Waals surface area contributed by atoms with Crippen LogP contribution in [0.2, 0.25) is 0 Å². The highest BCUT2D eigenvalue weighted by Crippen LogP contribution is 2.45. The molecule has 0 radical (unpaired) electrons. The Bertz CT molecular complexity index is 1210. The highest BCUT2D eigenvalue weighted by molar-refractivity contribution is 6.17. The molecule has 2 aliphatic rings. The molecule has 0 amide bonds. The van der Waals surface area contributed by atoms with E-state index < -0.39 is 11.6 Å². The van der Waals surface area contributed by atoms with Gasteiger partial charge >= 0.3 is 0 Å². The van der Waals surface area contributed by atoms with E-state index in [2.05, 4.69) is 32.3 Å². The Labute approximate surface area is 196 Å². The fraction of sp³-hybridized carbons (Fsp3) is 0.375. The summed E-state index contributed by atoms with van der Waals surface area (Å²) in [5.41, 5.74) is 3.47. The summed E-state index contributed by atoms with van der Waals surface area (Å²) in [6.45, 7) is 5.53. The van der Waals surface area contributed by atoms with Crippen LogP contribution in [0, 0.1) is 12.7 Å².